The van der Waals surface area contributed by atoms with Gasteiger partial charge in [0, 0.05) is 79.5 Å². The number of ether oxygens (including phenoxy) is 4. The number of aromatic hydroxyl groups is 3. The number of aliphatic hydroxyl groups is 7. The highest BCUT2D eigenvalue weighted by Crippen LogP contribution is 2.55. The van der Waals surface area contributed by atoms with E-state index in [1.54, 1.807) is 33.0 Å². The lowest BCUT2D eigenvalue weighted by molar-refractivity contribution is -0.160. The van der Waals surface area contributed by atoms with Crippen molar-refractivity contribution in [2.75, 3.05) is 44.2 Å². The van der Waals surface area contributed by atoms with Crippen LogP contribution in [0.3, 0.4) is 0 Å². The molecule has 11 unspecified atom stereocenters. The van der Waals surface area contributed by atoms with Crippen LogP contribution < -0.4 is 58.3 Å². The number of nitrogens with two attached hydrogens (primary N) is 1. The highest BCUT2D eigenvalue weighted by molar-refractivity contribution is 6.21. The standard InChI is InChI=1S/C68H98N10O28/c1-14-38(82)42-43-44-52(87)31(9)58(42)105-24-104-19-18-41(103-13)28(6)57(106-34(12)81)30(8)51(86)29(7)50(85)26(4)16-15-17-27(5)60(93)76-47(54(44)89)46(53(43)88)72-32(10)61(94)70-21-36-63(96)74-37(23-79)39(83)20-35(25(2)3)62(95)77-48(55(90)56(91)59(69)92)66(99)75-45(33(11)80)65(98)71-22-40(84)64(97)78-49(68(101)102)67(100)73-36/h15-19,25-26,28-30,32-33,35-37,40-41,45,48-51,55-57,72,79-80,84-91H,14,20-24H2,1-13H3,(H2,69,92)(H,70,94)(H,71,98)(H,73,100)(H,74,96)(H,75,99)(H,76,93)(H,77,95)(H,78,97)(H,101,102)/b16-15+,19-18+,27-17-/t26-,28+,29+,30+,32?,33?,35?,36?,37?,40?,41-,45?,48?,49?,50-,51+,55?,56?,57+/m0/s1. The summed E-state index contributed by atoms with van der Waals surface area (Å²) in [6.07, 6.45) is -8.58. The Kier molecular flexibility index (Phi) is 32.8. The largest absolute Gasteiger partial charge is 0.507 e. The molecule has 2 aromatic carbocycles. The van der Waals surface area contributed by atoms with Crippen LogP contribution in [0.5, 0.6) is 23.0 Å². The number of esters is 1. The number of aliphatic carboxylic acids is 1. The molecular formula is C68H98N10O28. The summed E-state index contributed by atoms with van der Waals surface area (Å²) in [6, 6.07) is -13.5. The minimum Gasteiger partial charge on any atom is -0.507 e. The molecule has 1 saturated heterocycles. The third-order valence-corrected chi connectivity index (χ3v) is 18.2. The number of Topliss-reactive ketones (excluding diaryl/α,β-unsaturated/α-hetero) is 2. The van der Waals surface area contributed by atoms with Crippen molar-refractivity contribution in [2.45, 2.75) is 181 Å². The second kappa shape index (κ2) is 39.3. The molecule has 3 aliphatic heterocycles. The number of anilines is 2. The van der Waals surface area contributed by atoms with Gasteiger partial charge in [0.15, 0.2) is 23.4 Å². The Hall–Kier alpha value is -10.1. The van der Waals surface area contributed by atoms with Crippen molar-refractivity contribution in [1.82, 2.24) is 37.2 Å². The van der Waals surface area contributed by atoms with E-state index >= 15 is 0 Å². The highest BCUT2D eigenvalue weighted by atomic mass is 16.7. The van der Waals surface area contributed by atoms with Crippen molar-refractivity contribution in [1.29, 1.82) is 0 Å². The Morgan fingerprint density at radius 1 is 0.745 bits per heavy atom. The molecule has 38 heteroatoms. The average Bonchev–Trinajstić information content (AvgIpc) is 0.726. The monoisotopic (exact) mass is 1500 g/mol. The Labute approximate surface area is 608 Å². The van der Waals surface area contributed by atoms with Gasteiger partial charge in [-0.15, -0.1) is 0 Å². The van der Waals surface area contributed by atoms with Crippen molar-refractivity contribution in [3.8, 4) is 23.0 Å². The lowest BCUT2D eigenvalue weighted by Crippen LogP contribution is -2.64. The zero-order valence-electron chi connectivity index (χ0n) is 60.6. The predicted octanol–water partition coefficient (Wildman–Crippen LogP) is -3.88. The van der Waals surface area contributed by atoms with Crippen LogP contribution in [0.15, 0.2) is 36.1 Å². The van der Waals surface area contributed by atoms with Crippen molar-refractivity contribution < 1.29 is 137 Å². The number of allylic oxidation sites excluding steroid dienone is 2. The van der Waals surface area contributed by atoms with Gasteiger partial charge in [0.2, 0.25) is 48.3 Å². The van der Waals surface area contributed by atoms with Gasteiger partial charge in [0.1, 0.15) is 77.1 Å². The van der Waals surface area contributed by atoms with E-state index in [0.717, 1.165) is 20.1 Å². The van der Waals surface area contributed by atoms with Crippen molar-refractivity contribution in [3.05, 3.63) is 47.3 Å². The molecule has 2 aromatic rings. The number of amides is 9. The van der Waals surface area contributed by atoms with E-state index < -0.39 is 281 Å². The van der Waals surface area contributed by atoms with E-state index in [0.29, 0.717) is 0 Å². The minimum atomic E-state index is -2.77. The number of hydrogen-bond acceptors (Lipinski definition) is 28. The molecule has 0 saturated carbocycles. The van der Waals surface area contributed by atoms with Crippen LogP contribution >= 0.6 is 0 Å². The SMILES string of the molecule is CCC(=O)c1c2c(C)c(O)c3c(O)c(c(NC(C)C(=O)NCC4NC(=O)C(C(=O)O)NC(=O)C(O)CNC(=O)C(C(C)O)NC(=O)C(C(O)C(O)C(N)=O)NC(=O)C(C(C)C)CC(=O)C(CO)NC4=O)c(O)c13)NC(=O)/C(C)=C\C=C\[C@H](C)[C@H](O)[C@@H](C)[C@@H](O)[C@@H](C)[C@H](OC(C)=O)[C@H](C)[C@@H](OC)/C=C/OCO2. The van der Waals surface area contributed by atoms with Crippen LogP contribution in [0, 0.1) is 42.4 Å². The van der Waals surface area contributed by atoms with Gasteiger partial charge in [-0.1, -0.05) is 66.7 Å². The van der Waals surface area contributed by atoms with E-state index in [1.807, 2.05) is 16.0 Å². The number of phenols is 3. The number of rotatable bonds is 16. The Morgan fingerprint density at radius 3 is 1.93 bits per heavy atom. The topological polar surface area (TPSA) is 616 Å². The molecule has 0 aliphatic carbocycles. The first kappa shape index (κ1) is 88.3. The smallest absolute Gasteiger partial charge is 0.336 e. The summed E-state index contributed by atoms with van der Waals surface area (Å²) in [5.41, 5.74) is 2.81. The van der Waals surface area contributed by atoms with Gasteiger partial charge >= 0.3 is 11.9 Å². The molecule has 38 nitrogen and oxygen atoms in total. The van der Waals surface area contributed by atoms with E-state index in [4.69, 9.17) is 24.7 Å². The van der Waals surface area contributed by atoms with Crippen LogP contribution in [-0.4, -0.2) is 252 Å². The summed E-state index contributed by atoms with van der Waals surface area (Å²) >= 11 is 0. The molecule has 9 amide bonds. The van der Waals surface area contributed by atoms with Crippen LogP contribution in [0.4, 0.5) is 11.4 Å². The van der Waals surface area contributed by atoms with E-state index in [9.17, 15) is 119 Å². The maximum atomic E-state index is 14.5. The summed E-state index contributed by atoms with van der Waals surface area (Å²) in [7, 11) is 1.36. The molecule has 3 heterocycles. The molecule has 588 valence electrons. The van der Waals surface area contributed by atoms with Gasteiger partial charge < -0.3 is 129 Å². The first-order chi connectivity index (χ1) is 49.5. The summed E-state index contributed by atoms with van der Waals surface area (Å²) in [5.74, 6) is -27.0. The lowest BCUT2D eigenvalue weighted by Gasteiger charge is -2.38. The number of carboxylic acid groups (broad SMARTS) is 1. The number of fused-ring (bicyclic) bond motifs is 17. The molecular weight excluding hydrogens is 1400 g/mol. The molecule has 3 aliphatic rings. The van der Waals surface area contributed by atoms with Crippen molar-refractivity contribution in [3.63, 3.8) is 0 Å². The molecule has 19 atom stereocenters. The zero-order chi connectivity index (χ0) is 80.4. The number of phenolic OH excluding ortho intramolecular Hbond substituents is 3. The molecule has 106 heavy (non-hydrogen) atoms. The van der Waals surface area contributed by atoms with Gasteiger partial charge in [-0.3, -0.25) is 57.5 Å². The summed E-state index contributed by atoms with van der Waals surface area (Å²) in [5, 5.41) is 142. The second-order valence-corrected chi connectivity index (χ2v) is 26.3. The number of benzene rings is 2. The predicted molar refractivity (Wildman–Crippen MR) is 371 cm³/mol. The lowest BCUT2D eigenvalue weighted by atomic mass is 9.78. The summed E-state index contributed by atoms with van der Waals surface area (Å²) < 4.78 is 23.1. The maximum Gasteiger partial charge on any atom is 0.336 e. The number of methoxy groups -OCH3 is 1. The highest BCUT2D eigenvalue weighted by Gasteiger charge is 2.44. The van der Waals surface area contributed by atoms with Crippen LogP contribution in [0.1, 0.15) is 105 Å². The molecule has 0 aromatic heterocycles. The average molecular weight is 1500 g/mol. The molecule has 1 fully saturated rings. The van der Waals surface area contributed by atoms with Crippen LogP contribution in [0.25, 0.3) is 10.8 Å². The number of nitrogens with one attached hydrogen (secondary N) is 9. The number of primary amides is 1. The summed E-state index contributed by atoms with van der Waals surface area (Å²) in [4.78, 5) is 177. The molecule has 4 bridgehead atoms. The van der Waals surface area contributed by atoms with Crippen LogP contribution in [0.2, 0.25) is 0 Å². The fraction of sp³-hybridized carbons (Fsp3) is 0.574. The minimum absolute atomic E-state index is 0.135. The van der Waals surface area contributed by atoms with Gasteiger partial charge in [-0.25, -0.2) is 4.79 Å². The van der Waals surface area contributed by atoms with Gasteiger partial charge in [0.05, 0.1) is 54.8 Å². The first-order valence-corrected chi connectivity index (χ1v) is 33.7. The number of carbonyl (C=O) groups excluding carboxylic acids is 12. The third kappa shape index (κ3) is 22.0. The fourth-order valence-electron chi connectivity index (χ4n) is 11.7. The number of ketones is 2. The number of carbonyl (C=O) groups is 13. The van der Waals surface area contributed by atoms with E-state index in [-0.39, 0.29) is 17.6 Å². The number of β-amino-alcohol motifs (C(OH)–C–C–N with tert-alkyl or cyclic N) is 1. The molecule has 5 rings (SSSR count). The Morgan fingerprint density at radius 2 is 1.37 bits per heavy atom. The number of hydrogen-bond donors (Lipinski definition) is 21. The van der Waals surface area contributed by atoms with Crippen molar-refractivity contribution in [2.24, 2.45) is 41.2 Å². The zero-order valence-corrected chi connectivity index (χ0v) is 60.6. The van der Waals surface area contributed by atoms with Crippen LogP contribution in [-0.2, 0) is 71.7 Å². The maximum absolute atomic E-state index is 14.5. The second-order valence-electron chi connectivity index (χ2n) is 26.3. The molecule has 0 spiro atoms. The van der Waals surface area contributed by atoms with E-state index in [1.165, 1.54) is 73.0 Å². The normalized spacial score (nSPS) is 28.7. The van der Waals surface area contributed by atoms with Gasteiger partial charge in [0.25, 0.3) is 17.7 Å². The third-order valence-electron chi connectivity index (χ3n) is 18.2. The molecule has 0 radical (unpaired) electrons. The first-order valence-electron chi connectivity index (χ1n) is 33.7. The van der Waals surface area contributed by atoms with Crippen molar-refractivity contribution >= 4 is 98.8 Å². The van der Waals surface area contributed by atoms with Gasteiger partial charge in [-0.05, 0) is 39.7 Å². The summed E-state index contributed by atoms with van der Waals surface area (Å²) in [6.45, 7) is 12.1. The van der Waals surface area contributed by atoms with E-state index in [2.05, 4.69) is 26.6 Å². The fourth-order valence-corrected chi connectivity index (χ4v) is 11.7. The van der Waals surface area contributed by atoms with Gasteiger partial charge in [-0.2, -0.15) is 0 Å². The quantitative estimate of drug-likeness (QED) is 0.0251. The number of carboxylic acids is 1. The Bertz CT molecular complexity index is 3710. The molecule has 22 N–H and O–H groups in total. The number of aliphatic hydroxyl groups excluding tert-OH is 7. The Balaban J connectivity index is 1.92.